The number of benzene rings is 1. The zero-order valence-electron chi connectivity index (χ0n) is 8.65. The summed E-state index contributed by atoms with van der Waals surface area (Å²) in [6.07, 6.45) is 0. The molecule has 1 rings (SSSR count). The number of halogens is 2. The predicted molar refractivity (Wildman–Crippen MR) is 63.7 cm³/mol. The van der Waals surface area contributed by atoms with Crippen molar-refractivity contribution in [3.63, 3.8) is 0 Å². The van der Waals surface area contributed by atoms with Crippen LogP contribution in [0.25, 0.3) is 0 Å². The number of anilines is 1. The summed E-state index contributed by atoms with van der Waals surface area (Å²) in [5.41, 5.74) is -0.0434. The van der Waals surface area contributed by atoms with E-state index in [1.807, 2.05) is 4.72 Å². The molecule has 0 aliphatic heterocycles. The van der Waals surface area contributed by atoms with Gasteiger partial charge in [-0.1, -0.05) is 0 Å². The van der Waals surface area contributed by atoms with E-state index in [-0.39, 0.29) is 5.69 Å². The molecule has 0 aliphatic carbocycles. The molecule has 0 fully saturated rings. The van der Waals surface area contributed by atoms with Crippen molar-refractivity contribution in [1.29, 1.82) is 0 Å². The van der Waals surface area contributed by atoms with Crippen LogP contribution in [0, 0.1) is 5.82 Å². The topological polar surface area (TPSA) is 83.5 Å². The fourth-order valence-electron chi connectivity index (χ4n) is 0.950. The van der Waals surface area contributed by atoms with E-state index in [4.69, 9.17) is 5.11 Å². The molecule has 0 heterocycles. The van der Waals surface area contributed by atoms with Gasteiger partial charge in [0.25, 0.3) is 0 Å². The van der Waals surface area contributed by atoms with E-state index in [0.29, 0.717) is 4.47 Å². The second kappa shape index (κ2) is 5.01. The molecule has 1 aromatic rings. The molecule has 0 spiro atoms. The number of rotatable bonds is 4. The average Bonchev–Trinajstić information content (AvgIpc) is 2.21. The lowest BCUT2D eigenvalue weighted by molar-refractivity contribution is -0.136. The number of aliphatic carboxylic acids is 1. The van der Waals surface area contributed by atoms with Gasteiger partial charge in [0, 0.05) is 4.47 Å². The zero-order valence-corrected chi connectivity index (χ0v) is 11.0. The average molecular weight is 326 g/mol. The first-order valence-corrected chi connectivity index (χ1v) is 6.77. The SMILES string of the molecule is CC(C(=O)O)S(=O)(=O)Nc1cc(F)ccc1Br. The van der Waals surface area contributed by atoms with E-state index in [1.54, 1.807) is 0 Å². The molecule has 0 amide bonds. The van der Waals surface area contributed by atoms with Gasteiger partial charge in [0.15, 0.2) is 5.25 Å². The summed E-state index contributed by atoms with van der Waals surface area (Å²) in [6, 6.07) is 3.41. The quantitative estimate of drug-likeness (QED) is 0.884. The molecule has 1 unspecified atom stereocenters. The molecule has 2 N–H and O–H groups in total. The Labute approximate surface area is 106 Å². The fourth-order valence-corrected chi connectivity index (χ4v) is 2.34. The van der Waals surface area contributed by atoms with Crippen LogP contribution in [0.2, 0.25) is 0 Å². The maximum atomic E-state index is 12.9. The molecule has 17 heavy (non-hydrogen) atoms. The predicted octanol–water partition coefficient (Wildman–Crippen LogP) is 1.80. The van der Waals surface area contributed by atoms with Crippen LogP contribution in [-0.2, 0) is 14.8 Å². The van der Waals surface area contributed by atoms with Gasteiger partial charge in [-0.05, 0) is 41.1 Å². The van der Waals surface area contributed by atoms with Crippen molar-refractivity contribution in [2.24, 2.45) is 0 Å². The highest BCUT2D eigenvalue weighted by Gasteiger charge is 2.28. The minimum atomic E-state index is -4.10. The Morgan fingerprint density at radius 1 is 1.53 bits per heavy atom. The highest BCUT2D eigenvalue weighted by molar-refractivity contribution is 9.10. The number of carboxylic acid groups (broad SMARTS) is 1. The number of carbonyl (C=O) groups is 1. The number of nitrogens with one attached hydrogen (secondary N) is 1. The third kappa shape index (κ3) is 3.40. The monoisotopic (exact) mass is 325 g/mol. The van der Waals surface area contributed by atoms with Crippen molar-refractivity contribution in [2.75, 3.05) is 4.72 Å². The standard InChI is InChI=1S/C9H9BrFNO4S/c1-5(9(13)14)17(15,16)12-8-4-6(11)2-3-7(8)10/h2-5,12H,1H3,(H,13,14). The Morgan fingerprint density at radius 2 is 2.12 bits per heavy atom. The van der Waals surface area contributed by atoms with Gasteiger partial charge in [-0.2, -0.15) is 0 Å². The summed E-state index contributed by atoms with van der Waals surface area (Å²) in [7, 11) is -4.10. The largest absolute Gasteiger partial charge is 0.480 e. The van der Waals surface area contributed by atoms with E-state index in [0.717, 1.165) is 19.1 Å². The van der Waals surface area contributed by atoms with Crippen molar-refractivity contribution in [3.8, 4) is 0 Å². The Hall–Kier alpha value is -1.15. The molecular weight excluding hydrogens is 317 g/mol. The number of sulfonamides is 1. The van der Waals surface area contributed by atoms with E-state index < -0.39 is 27.1 Å². The van der Waals surface area contributed by atoms with Gasteiger partial charge in [-0.3, -0.25) is 9.52 Å². The Kier molecular flexibility index (Phi) is 4.10. The third-order valence-corrected chi connectivity index (χ3v) is 4.32. The van der Waals surface area contributed by atoms with E-state index in [1.165, 1.54) is 6.07 Å². The molecule has 94 valence electrons. The van der Waals surface area contributed by atoms with E-state index in [9.17, 15) is 17.6 Å². The van der Waals surface area contributed by atoms with Crippen molar-refractivity contribution in [2.45, 2.75) is 12.2 Å². The fraction of sp³-hybridized carbons (Fsp3) is 0.222. The summed E-state index contributed by atoms with van der Waals surface area (Å²) in [5, 5.41) is 6.99. The third-order valence-electron chi connectivity index (χ3n) is 1.99. The first-order chi connectivity index (χ1) is 7.74. The smallest absolute Gasteiger partial charge is 0.323 e. The highest BCUT2D eigenvalue weighted by atomic mass is 79.9. The van der Waals surface area contributed by atoms with Crippen LogP contribution in [-0.4, -0.2) is 24.7 Å². The lowest BCUT2D eigenvalue weighted by atomic mass is 10.3. The molecule has 1 atom stereocenters. The molecule has 0 aromatic heterocycles. The van der Waals surface area contributed by atoms with Crippen molar-refractivity contribution in [3.05, 3.63) is 28.5 Å². The van der Waals surface area contributed by atoms with Gasteiger partial charge in [0.05, 0.1) is 5.69 Å². The summed E-state index contributed by atoms with van der Waals surface area (Å²) >= 11 is 3.03. The summed E-state index contributed by atoms with van der Waals surface area (Å²) in [6.45, 7) is 1.03. The Bertz CT molecular complexity index is 546. The molecule has 5 nitrogen and oxygen atoms in total. The maximum Gasteiger partial charge on any atom is 0.323 e. The molecular formula is C9H9BrFNO4S. The van der Waals surface area contributed by atoms with Gasteiger partial charge in [-0.15, -0.1) is 0 Å². The summed E-state index contributed by atoms with van der Waals surface area (Å²) in [5.74, 6) is -2.11. The van der Waals surface area contributed by atoms with Gasteiger partial charge >= 0.3 is 5.97 Å². The van der Waals surface area contributed by atoms with Crippen molar-refractivity contribution >= 4 is 37.6 Å². The lowest BCUT2D eigenvalue weighted by Crippen LogP contribution is -2.32. The molecule has 0 aliphatic rings. The lowest BCUT2D eigenvalue weighted by Gasteiger charge is -2.12. The van der Waals surface area contributed by atoms with Crippen LogP contribution in [0.5, 0.6) is 0 Å². The van der Waals surface area contributed by atoms with Gasteiger partial charge in [-0.25, -0.2) is 12.8 Å². The molecule has 0 saturated heterocycles. The Morgan fingerprint density at radius 3 is 2.65 bits per heavy atom. The summed E-state index contributed by atoms with van der Waals surface area (Å²) in [4.78, 5) is 10.6. The minimum Gasteiger partial charge on any atom is -0.480 e. The van der Waals surface area contributed by atoms with Crippen molar-refractivity contribution < 1.29 is 22.7 Å². The molecule has 0 bridgehead atoms. The first-order valence-electron chi connectivity index (χ1n) is 4.43. The zero-order chi connectivity index (χ0) is 13.2. The molecule has 8 heteroatoms. The van der Waals surface area contributed by atoms with E-state index in [2.05, 4.69) is 15.9 Å². The second-order valence-electron chi connectivity index (χ2n) is 3.25. The van der Waals surface area contributed by atoms with Crippen LogP contribution in [0.3, 0.4) is 0 Å². The van der Waals surface area contributed by atoms with Crippen LogP contribution in [0.15, 0.2) is 22.7 Å². The molecule has 0 saturated carbocycles. The number of hydrogen-bond donors (Lipinski definition) is 2. The highest BCUT2D eigenvalue weighted by Crippen LogP contribution is 2.24. The summed E-state index contributed by atoms with van der Waals surface area (Å²) < 4.78 is 38.4. The first kappa shape index (κ1) is 13.9. The minimum absolute atomic E-state index is 0.0434. The van der Waals surface area contributed by atoms with Gasteiger partial charge in [0.1, 0.15) is 5.82 Å². The molecule has 0 radical (unpaired) electrons. The van der Waals surface area contributed by atoms with Crippen LogP contribution in [0.4, 0.5) is 10.1 Å². The van der Waals surface area contributed by atoms with Crippen molar-refractivity contribution in [1.82, 2.24) is 0 Å². The van der Waals surface area contributed by atoms with E-state index >= 15 is 0 Å². The number of carboxylic acids is 1. The van der Waals surface area contributed by atoms with Crippen LogP contribution >= 0.6 is 15.9 Å². The maximum absolute atomic E-state index is 12.9. The van der Waals surface area contributed by atoms with Gasteiger partial charge < -0.3 is 5.11 Å². The molecule has 1 aromatic carbocycles. The number of hydrogen-bond acceptors (Lipinski definition) is 3. The second-order valence-corrected chi connectivity index (χ2v) is 6.11. The van der Waals surface area contributed by atoms with Crippen LogP contribution < -0.4 is 4.72 Å². The van der Waals surface area contributed by atoms with Crippen LogP contribution in [0.1, 0.15) is 6.92 Å². The normalized spacial score (nSPS) is 13.1. The van der Waals surface area contributed by atoms with Gasteiger partial charge in [0.2, 0.25) is 10.0 Å². The Balaban J connectivity index is 3.06.